The highest BCUT2D eigenvalue weighted by Crippen LogP contribution is 2.35. The van der Waals surface area contributed by atoms with E-state index in [0.29, 0.717) is 32.6 Å². The molecule has 0 unspecified atom stereocenters. The number of fused-ring (bicyclic) bond motifs is 1. The van der Waals surface area contributed by atoms with Gasteiger partial charge in [-0.1, -0.05) is 44.2 Å². The normalized spacial score (nSPS) is 11.3. The lowest BCUT2D eigenvalue weighted by Gasteiger charge is -2.05. The molecule has 0 saturated carbocycles. The van der Waals surface area contributed by atoms with Gasteiger partial charge in [0, 0.05) is 22.2 Å². The van der Waals surface area contributed by atoms with Crippen LogP contribution in [-0.4, -0.2) is 23.8 Å². The van der Waals surface area contributed by atoms with Crippen molar-refractivity contribution in [3.63, 3.8) is 0 Å². The molecule has 0 aliphatic heterocycles. The maximum absolute atomic E-state index is 13.1. The number of nitrogen functional groups attached to an aromatic ring is 1. The van der Waals surface area contributed by atoms with Gasteiger partial charge in [-0.05, 0) is 83.8 Å². The Morgan fingerprint density at radius 3 is 2.27 bits per heavy atom. The highest BCUT2D eigenvalue weighted by molar-refractivity contribution is 7.21. The first-order valence-corrected chi connectivity index (χ1v) is 13.7. The van der Waals surface area contributed by atoms with Gasteiger partial charge < -0.3 is 15.8 Å². The maximum Gasteiger partial charge on any atom is 0.267 e. The molecule has 7 heteroatoms. The fraction of sp³-hybridized carbons (Fsp3) is 0.121. The third-order valence-electron chi connectivity index (χ3n) is 6.64. The number of hydrogen-bond donors (Lipinski definition) is 2. The number of methoxy groups -OCH3 is 1. The summed E-state index contributed by atoms with van der Waals surface area (Å²) in [5, 5.41) is 3.61. The van der Waals surface area contributed by atoms with E-state index in [2.05, 4.69) is 31.3 Å². The molecule has 0 aliphatic rings. The Morgan fingerprint density at radius 2 is 1.62 bits per heavy atom. The van der Waals surface area contributed by atoms with Gasteiger partial charge in [0.05, 0.1) is 18.5 Å². The first-order valence-electron chi connectivity index (χ1n) is 12.9. The lowest BCUT2D eigenvalue weighted by molar-refractivity contribution is 0.102. The van der Waals surface area contributed by atoms with Crippen LogP contribution in [0, 0.1) is 0 Å². The molecule has 3 N–H and O–H groups in total. The lowest BCUT2D eigenvalue weighted by Crippen LogP contribution is -2.12. The number of carbonyl (C=O) groups excluding carboxylic acids is 2. The second-order valence-electron chi connectivity index (χ2n) is 9.67. The number of hydrogen-bond acceptors (Lipinski definition) is 6. The van der Waals surface area contributed by atoms with E-state index in [4.69, 9.17) is 15.5 Å². The molecule has 6 nitrogen and oxygen atoms in total. The van der Waals surface area contributed by atoms with Crippen LogP contribution >= 0.6 is 11.3 Å². The summed E-state index contributed by atoms with van der Waals surface area (Å²) in [7, 11) is 1.63. The Bertz CT molecular complexity index is 1700. The van der Waals surface area contributed by atoms with Crippen LogP contribution in [0.2, 0.25) is 0 Å². The highest BCUT2D eigenvalue weighted by atomic mass is 32.1. The average molecular weight is 548 g/mol. The molecule has 2 heterocycles. The number of rotatable bonds is 8. The average Bonchev–Trinajstić information content (AvgIpc) is 3.32. The van der Waals surface area contributed by atoms with Crippen molar-refractivity contribution in [3.8, 4) is 17.0 Å². The Hall–Kier alpha value is -4.75. The summed E-state index contributed by atoms with van der Waals surface area (Å²) in [5.74, 6) is 0.794. The molecule has 1 amide bonds. The summed E-state index contributed by atoms with van der Waals surface area (Å²) < 4.78 is 5.23. The Morgan fingerprint density at radius 1 is 0.925 bits per heavy atom. The zero-order chi connectivity index (χ0) is 28.2. The monoisotopic (exact) mass is 547 g/mol. The topological polar surface area (TPSA) is 94.3 Å². The molecular formula is C33H29N3O3S. The van der Waals surface area contributed by atoms with Gasteiger partial charge in [-0.15, -0.1) is 11.3 Å². The first kappa shape index (κ1) is 26.8. The predicted molar refractivity (Wildman–Crippen MR) is 164 cm³/mol. The van der Waals surface area contributed by atoms with Gasteiger partial charge >= 0.3 is 0 Å². The quantitative estimate of drug-likeness (QED) is 0.153. The molecule has 0 fully saturated rings. The number of benzene rings is 3. The minimum Gasteiger partial charge on any atom is -0.497 e. The van der Waals surface area contributed by atoms with E-state index in [1.165, 1.54) is 16.9 Å². The van der Waals surface area contributed by atoms with Crippen molar-refractivity contribution in [2.45, 2.75) is 19.8 Å². The largest absolute Gasteiger partial charge is 0.497 e. The van der Waals surface area contributed by atoms with E-state index in [-0.39, 0.29) is 11.7 Å². The summed E-state index contributed by atoms with van der Waals surface area (Å²) in [6.07, 6.45) is 3.36. The van der Waals surface area contributed by atoms with Crippen molar-refractivity contribution in [1.29, 1.82) is 0 Å². The van der Waals surface area contributed by atoms with Gasteiger partial charge in [-0.2, -0.15) is 0 Å². The Kier molecular flexibility index (Phi) is 7.75. The van der Waals surface area contributed by atoms with E-state index in [1.54, 1.807) is 43.5 Å². The lowest BCUT2D eigenvalue weighted by atomic mass is 10.0. The van der Waals surface area contributed by atoms with Crippen LogP contribution in [0.25, 0.3) is 27.6 Å². The second kappa shape index (κ2) is 11.6. The molecule has 0 spiro atoms. The highest BCUT2D eigenvalue weighted by Gasteiger charge is 2.18. The minimum atomic E-state index is -0.324. The van der Waals surface area contributed by atoms with Crippen LogP contribution in [-0.2, 0) is 0 Å². The van der Waals surface area contributed by atoms with Crippen molar-refractivity contribution < 1.29 is 14.3 Å². The number of pyridine rings is 1. The third kappa shape index (κ3) is 5.80. The Balaban J connectivity index is 1.27. The molecule has 0 saturated heterocycles. The number of nitrogens with one attached hydrogen (secondary N) is 1. The van der Waals surface area contributed by atoms with Crippen LogP contribution < -0.4 is 15.8 Å². The summed E-state index contributed by atoms with van der Waals surface area (Å²) in [6, 6.07) is 26.4. The summed E-state index contributed by atoms with van der Waals surface area (Å²) >= 11 is 1.25. The molecule has 0 bridgehead atoms. The van der Waals surface area contributed by atoms with E-state index in [1.807, 2.05) is 48.5 Å². The van der Waals surface area contributed by atoms with Gasteiger partial charge in [0.2, 0.25) is 0 Å². The number of ketones is 1. The molecule has 0 atom stereocenters. The number of carbonyl (C=O) groups is 2. The van der Waals surface area contributed by atoms with Crippen LogP contribution in [0.3, 0.4) is 0 Å². The third-order valence-corrected chi connectivity index (χ3v) is 7.76. The van der Waals surface area contributed by atoms with Crippen LogP contribution in [0.15, 0.2) is 91.0 Å². The van der Waals surface area contributed by atoms with Crippen molar-refractivity contribution in [2.75, 3.05) is 18.2 Å². The second-order valence-corrected chi connectivity index (χ2v) is 10.7. The molecule has 200 valence electrons. The zero-order valence-corrected chi connectivity index (χ0v) is 23.3. The van der Waals surface area contributed by atoms with E-state index in [9.17, 15) is 9.59 Å². The number of aromatic nitrogens is 1. The number of nitrogens with zero attached hydrogens (tertiary/aromatic N) is 1. The molecule has 0 aliphatic carbocycles. The maximum atomic E-state index is 13.1. The summed E-state index contributed by atoms with van der Waals surface area (Å²) in [5.41, 5.74) is 11.8. The van der Waals surface area contributed by atoms with Crippen molar-refractivity contribution in [2.24, 2.45) is 0 Å². The van der Waals surface area contributed by atoms with Crippen molar-refractivity contribution in [1.82, 2.24) is 4.98 Å². The van der Waals surface area contributed by atoms with Gasteiger partial charge in [0.1, 0.15) is 15.5 Å². The van der Waals surface area contributed by atoms with Crippen LogP contribution in [0.4, 0.5) is 11.4 Å². The van der Waals surface area contributed by atoms with E-state index in [0.717, 1.165) is 28.0 Å². The van der Waals surface area contributed by atoms with Crippen LogP contribution in [0.1, 0.15) is 50.9 Å². The van der Waals surface area contributed by atoms with Crippen molar-refractivity contribution in [3.05, 3.63) is 113 Å². The number of allylic oxidation sites excluding steroid dienone is 1. The number of anilines is 2. The molecular weight excluding hydrogens is 518 g/mol. The summed E-state index contributed by atoms with van der Waals surface area (Å²) in [6.45, 7) is 4.30. The molecule has 0 radical (unpaired) electrons. The molecule has 40 heavy (non-hydrogen) atoms. The number of thiophene rings is 1. The summed E-state index contributed by atoms with van der Waals surface area (Å²) in [4.78, 5) is 31.5. The fourth-order valence-corrected chi connectivity index (χ4v) is 5.24. The fourth-order valence-electron chi connectivity index (χ4n) is 4.25. The standard InChI is InChI=1S/C33H29N3O3S/c1-20(2)22-7-4-21(5-8-22)6-19-29(37)24-9-13-25(14-10-24)35-32(38)31-30(34)27-17-18-28(36-33(27)40-31)23-11-15-26(39-3)16-12-23/h4-20H,34H2,1-3H3,(H,35,38)/b19-6+. The number of ether oxygens (including phenoxy) is 1. The Labute approximate surface area is 237 Å². The number of nitrogens with two attached hydrogens (primary N) is 1. The molecule has 5 rings (SSSR count). The zero-order valence-electron chi connectivity index (χ0n) is 22.5. The number of amides is 1. The first-order chi connectivity index (χ1) is 19.3. The molecule has 2 aromatic heterocycles. The van der Waals surface area contributed by atoms with Gasteiger partial charge in [0.25, 0.3) is 5.91 Å². The molecule has 5 aromatic rings. The SMILES string of the molecule is COc1ccc(-c2ccc3c(N)c(C(=O)Nc4ccc(C(=O)/C=C/c5ccc(C(C)C)cc5)cc4)sc3n2)cc1. The van der Waals surface area contributed by atoms with E-state index < -0.39 is 0 Å². The predicted octanol–water partition coefficient (Wildman–Crippen LogP) is 7.83. The van der Waals surface area contributed by atoms with E-state index >= 15 is 0 Å². The molecule has 3 aromatic carbocycles. The van der Waals surface area contributed by atoms with Crippen molar-refractivity contribution >= 4 is 50.7 Å². The minimum absolute atomic E-state index is 0.113. The van der Waals surface area contributed by atoms with Gasteiger partial charge in [-0.3, -0.25) is 9.59 Å². The van der Waals surface area contributed by atoms with Crippen LogP contribution in [0.5, 0.6) is 5.75 Å². The van der Waals surface area contributed by atoms with Gasteiger partial charge in [-0.25, -0.2) is 4.98 Å². The van der Waals surface area contributed by atoms with Gasteiger partial charge in [0.15, 0.2) is 5.78 Å². The smallest absolute Gasteiger partial charge is 0.267 e.